The summed E-state index contributed by atoms with van der Waals surface area (Å²) in [6, 6.07) is 4.79. The second-order valence-corrected chi connectivity index (χ2v) is 4.55. The SMILES string of the molecule is CN(C)CCC(N)c1ccc([N+](=O)[O-])c(CN)c1. The topological polar surface area (TPSA) is 98.4 Å². The zero-order valence-electron chi connectivity index (χ0n) is 10.8. The smallest absolute Gasteiger partial charge is 0.273 e. The van der Waals surface area contributed by atoms with Crippen molar-refractivity contribution >= 4 is 5.69 Å². The number of nitrogens with zero attached hydrogens (tertiary/aromatic N) is 2. The van der Waals surface area contributed by atoms with E-state index in [0.717, 1.165) is 18.5 Å². The van der Waals surface area contributed by atoms with Gasteiger partial charge in [0, 0.05) is 24.2 Å². The summed E-state index contributed by atoms with van der Waals surface area (Å²) in [5.41, 5.74) is 13.1. The van der Waals surface area contributed by atoms with Gasteiger partial charge >= 0.3 is 0 Å². The number of hydrogen-bond acceptors (Lipinski definition) is 5. The molecule has 0 radical (unpaired) electrons. The van der Waals surface area contributed by atoms with Gasteiger partial charge in [-0.3, -0.25) is 10.1 Å². The molecule has 0 spiro atoms. The highest BCUT2D eigenvalue weighted by Crippen LogP contribution is 2.23. The van der Waals surface area contributed by atoms with E-state index in [9.17, 15) is 10.1 Å². The van der Waals surface area contributed by atoms with Gasteiger partial charge in [-0.15, -0.1) is 0 Å². The molecule has 6 heteroatoms. The van der Waals surface area contributed by atoms with Crippen molar-refractivity contribution in [1.29, 1.82) is 0 Å². The second kappa shape index (κ2) is 6.44. The minimum absolute atomic E-state index is 0.0565. The molecule has 6 nitrogen and oxygen atoms in total. The molecule has 0 bridgehead atoms. The van der Waals surface area contributed by atoms with Gasteiger partial charge in [-0.05, 0) is 38.7 Å². The van der Waals surface area contributed by atoms with Crippen LogP contribution in [0.25, 0.3) is 0 Å². The standard InChI is InChI=1S/C12H20N4O2/c1-15(2)6-5-11(14)9-3-4-12(16(17)18)10(7-9)8-13/h3-4,7,11H,5-6,8,13-14H2,1-2H3. The molecule has 100 valence electrons. The molecule has 1 aromatic carbocycles. The van der Waals surface area contributed by atoms with Gasteiger partial charge in [-0.1, -0.05) is 6.07 Å². The predicted octanol–water partition coefficient (Wildman–Crippen LogP) is 1.01. The molecule has 0 aromatic heterocycles. The Morgan fingerprint density at radius 3 is 2.61 bits per heavy atom. The second-order valence-electron chi connectivity index (χ2n) is 4.55. The first-order valence-corrected chi connectivity index (χ1v) is 5.83. The van der Waals surface area contributed by atoms with Gasteiger partial charge in [0.1, 0.15) is 0 Å². The van der Waals surface area contributed by atoms with E-state index in [1.165, 1.54) is 6.07 Å². The van der Waals surface area contributed by atoms with Gasteiger partial charge in [-0.25, -0.2) is 0 Å². The van der Waals surface area contributed by atoms with Crippen molar-refractivity contribution in [3.63, 3.8) is 0 Å². The van der Waals surface area contributed by atoms with Crippen LogP contribution >= 0.6 is 0 Å². The third kappa shape index (κ3) is 3.76. The molecule has 0 saturated heterocycles. The monoisotopic (exact) mass is 252 g/mol. The third-order valence-electron chi connectivity index (χ3n) is 2.84. The summed E-state index contributed by atoms with van der Waals surface area (Å²) in [6.07, 6.45) is 0.800. The molecule has 0 aliphatic carbocycles. The minimum Gasteiger partial charge on any atom is -0.326 e. The predicted molar refractivity (Wildman–Crippen MR) is 71.1 cm³/mol. The highest BCUT2D eigenvalue weighted by atomic mass is 16.6. The number of rotatable bonds is 6. The van der Waals surface area contributed by atoms with Crippen LogP contribution in [0.1, 0.15) is 23.6 Å². The van der Waals surface area contributed by atoms with Crippen molar-refractivity contribution in [3.05, 3.63) is 39.4 Å². The van der Waals surface area contributed by atoms with Crippen molar-refractivity contribution < 1.29 is 4.92 Å². The van der Waals surface area contributed by atoms with E-state index in [-0.39, 0.29) is 18.3 Å². The molecule has 0 amide bonds. The number of nitro benzene ring substituents is 1. The number of hydrogen-bond donors (Lipinski definition) is 2. The first-order valence-electron chi connectivity index (χ1n) is 5.83. The molecule has 18 heavy (non-hydrogen) atoms. The zero-order valence-corrected chi connectivity index (χ0v) is 10.8. The first-order chi connectivity index (χ1) is 8.45. The van der Waals surface area contributed by atoms with Crippen LogP contribution in [0.5, 0.6) is 0 Å². The van der Waals surface area contributed by atoms with Crippen LogP contribution in [0.2, 0.25) is 0 Å². The van der Waals surface area contributed by atoms with Gasteiger partial charge in [0.05, 0.1) is 4.92 Å². The van der Waals surface area contributed by atoms with Crippen LogP contribution in [-0.2, 0) is 6.54 Å². The molecule has 1 unspecified atom stereocenters. The van der Waals surface area contributed by atoms with Crippen molar-refractivity contribution in [2.75, 3.05) is 20.6 Å². The van der Waals surface area contributed by atoms with E-state index in [0.29, 0.717) is 5.56 Å². The Hall–Kier alpha value is -1.50. The van der Waals surface area contributed by atoms with E-state index in [1.807, 2.05) is 14.1 Å². The Morgan fingerprint density at radius 2 is 2.11 bits per heavy atom. The molecule has 0 fully saturated rings. The lowest BCUT2D eigenvalue weighted by atomic mass is 10.0. The lowest BCUT2D eigenvalue weighted by Crippen LogP contribution is -2.20. The van der Waals surface area contributed by atoms with Crippen molar-refractivity contribution in [2.24, 2.45) is 11.5 Å². The Kier molecular flexibility index (Phi) is 5.21. The van der Waals surface area contributed by atoms with Gasteiger partial charge in [0.15, 0.2) is 0 Å². The summed E-state index contributed by atoms with van der Waals surface area (Å²) in [5.74, 6) is 0. The highest BCUT2D eigenvalue weighted by molar-refractivity contribution is 5.43. The number of nitro groups is 1. The maximum absolute atomic E-state index is 10.8. The van der Waals surface area contributed by atoms with Crippen molar-refractivity contribution in [3.8, 4) is 0 Å². The van der Waals surface area contributed by atoms with Gasteiger partial charge in [0.2, 0.25) is 0 Å². The maximum Gasteiger partial charge on any atom is 0.273 e. The largest absolute Gasteiger partial charge is 0.326 e. The molecule has 1 atom stereocenters. The van der Waals surface area contributed by atoms with E-state index in [2.05, 4.69) is 4.90 Å². The molecule has 0 aliphatic heterocycles. The van der Waals surface area contributed by atoms with Crippen LogP contribution < -0.4 is 11.5 Å². The van der Waals surface area contributed by atoms with Crippen molar-refractivity contribution in [1.82, 2.24) is 4.90 Å². The van der Waals surface area contributed by atoms with E-state index in [4.69, 9.17) is 11.5 Å². The summed E-state index contributed by atoms with van der Waals surface area (Å²) in [5, 5.41) is 10.8. The average Bonchev–Trinajstić information content (AvgIpc) is 2.34. The zero-order chi connectivity index (χ0) is 13.7. The number of nitrogens with two attached hydrogens (primary N) is 2. The molecule has 0 heterocycles. The minimum atomic E-state index is -0.419. The molecule has 1 rings (SSSR count). The Bertz CT molecular complexity index is 421. The normalized spacial score (nSPS) is 12.7. The fourth-order valence-corrected chi connectivity index (χ4v) is 1.74. The molecule has 0 aliphatic rings. The summed E-state index contributed by atoms with van der Waals surface area (Å²) in [6.45, 7) is 1.01. The Labute approximate surface area is 107 Å². The van der Waals surface area contributed by atoms with Crippen LogP contribution in [0.3, 0.4) is 0 Å². The summed E-state index contributed by atoms with van der Waals surface area (Å²) >= 11 is 0. The lowest BCUT2D eigenvalue weighted by Gasteiger charge is -2.16. The van der Waals surface area contributed by atoms with E-state index in [1.54, 1.807) is 12.1 Å². The molecule has 0 saturated carbocycles. The van der Waals surface area contributed by atoms with Crippen LogP contribution in [-0.4, -0.2) is 30.5 Å². The Morgan fingerprint density at radius 1 is 1.44 bits per heavy atom. The molecule has 4 N–H and O–H groups in total. The van der Waals surface area contributed by atoms with Gasteiger partial charge in [-0.2, -0.15) is 0 Å². The van der Waals surface area contributed by atoms with Crippen LogP contribution in [0.4, 0.5) is 5.69 Å². The highest BCUT2D eigenvalue weighted by Gasteiger charge is 2.15. The van der Waals surface area contributed by atoms with E-state index >= 15 is 0 Å². The van der Waals surface area contributed by atoms with Crippen LogP contribution in [0.15, 0.2) is 18.2 Å². The quantitative estimate of drug-likeness (QED) is 0.581. The fourth-order valence-electron chi connectivity index (χ4n) is 1.74. The first kappa shape index (κ1) is 14.6. The third-order valence-corrected chi connectivity index (χ3v) is 2.84. The molecule has 1 aromatic rings. The summed E-state index contributed by atoms with van der Waals surface area (Å²) in [4.78, 5) is 12.4. The van der Waals surface area contributed by atoms with Crippen LogP contribution in [0, 0.1) is 10.1 Å². The summed E-state index contributed by atoms with van der Waals surface area (Å²) < 4.78 is 0. The number of benzene rings is 1. The summed E-state index contributed by atoms with van der Waals surface area (Å²) in [7, 11) is 3.96. The fraction of sp³-hybridized carbons (Fsp3) is 0.500. The van der Waals surface area contributed by atoms with Gasteiger partial charge < -0.3 is 16.4 Å². The van der Waals surface area contributed by atoms with E-state index < -0.39 is 4.92 Å². The van der Waals surface area contributed by atoms with Crippen molar-refractivity contribution in [2.45, 2.75) is 19.0 Å². The lowest BCUT2D eigenvalue weighted by molar-refractivity contribution is -0.385. The average molecular weight is 252 g/mol. The molecular weight excluding hydrogens is 232 g/mol. The Balaban J connectivity index is 2.87. The maximum atomic E-state index is 10.8. The van der Waals surface area contributed by atoms with Gasteiger partial charge in [0.25, 0.3) is 5.69 Å². The molecular formula is C12H20N4O2.